The summed E-state index contributed by atoms with van der Waals surface area (Å²) in [5, 5.41) is 11.3. The molecule has 2 aromatic carbocycles. The summed E-state index contributed by atoms with van der Waals surface area (Å²) in [5.74, 6) is 1.83. The second kappa shape index (κ2) is 10.2. The van der Waals surface area contributed by atoms with Crippen LogP contribution >= 0.6 is 0 Å². The number of anilines is 1. The van der Waals surface area contributed by atoms with Crippen LogP contribution < -0.4 is 24.3 Å². The Morgan fingerprint density at radius 3 is 2.26 bits per heavy atom. The Hall–Kier alpha value is -4.21. The van der Waals surface area contributed by atoms with Gasteiger partial charge < -0.3 is 27.8 Å². The van der Waals surface area contributed by atoms with Crippen molar-refractivity contribution in [3.05, 3.63) is 42.0 Å². The van der Waals surface area contributed by atoms with E-state index in [1.165, 1.54) is 0 Å². The van der Waals surface area contributed by atoms with Crippen LogP contribution in [0.5, 0.6) is 23.0 Å². The average Bonchev–Trinajstić information content (AvgIpc) is 3.48. The maximum Gasteiger partial charge on any atom is 0.322 e. The highest BCUT2D eigenvalue weighted by Gasteiger charge is 2.21. The van der Waals surface area contributed by atoms with Crippen molar-refractivity contribution in [3.63, 3.8) is 0 Å². The molecule has 34 heavy (non-hydrogen) atoms. The third-order valence-corrected chi connectivity index (χ3v) is 4.76. The van der Waals surface area contributed by atoms with Gasteiger partial charge in [0.25, 0.3) is 11.8 Å². The van der Waals surface area contributed by atoms with Crippen molar-refractivity contribution >= 4 is 22.9 Å². The lowest BCUT2D eigenvalue weighted by Crippen LogP contribution is -2.13. The maximum atomic E-state index is 12.9. The number of methoxy groups -OCH3 is 1. The SMILES string of the molecule is CCOc1cc(C(=O)Nc2nnc(-c3cc4cccc(OC)c4o3)o2)cc(OCC)c1OCC. The van der Waals surface area contributed by atoms with Crippen LogP contribution in [0, 0.1) is 0 Å². The van der Waals surface area contributed by atoms with E-state index in [0.717, 1.165) is 5.39 Å². The molecule has 10 nitrogen and oxygen atoms in total. The number of aromatic nitrogens is 2. The quantitative estimate of drug-likeness (QED) is 0.346. The molecule has 10 heteroatoms. The summed E-state index contributed by atoms with van der Waals surface area (Å²) < 4.78 is 33.8. The van der Waals surface area contributed by atoms with Gasteiger partial charge >= 0.3 is 6.01 Å². The molecule has 0 saturated heterocycles. The second-order valence-electron chi connectivity index (χ2n) is 6.96. The van der Waals surface area contributed by atoms with Crippen molar-refractivity contribution < 1.29 is 32.6 Å². The van der Waals surface area contributed by atoms with Gasteiger partial charge in [0.1, 0.15) is 0 Å². The van der Waals surface area contributed by atoms with E-state index in [0.29, 0.717) is 54.2 Å². The topological polar surface area (TPSA) is 118 Å². The van der Waals surface area contributed by atoms with Gasteiger partial charge in [-0.15, -0.1) is 5.10 Å². The van der Waals surface area contributed by atoms with Gasteiger partial charge in [-0.25, -0.2) is 0 Å². The van der Waals surface area contributed by atoms with E-state index >= 15 is 0 Å². The smallest absolute Gasteiger partial charge is 0.322 e. The zero-order valence-electron chi connectivity index (χ0n) is 19.3. The summed E-state index contributed by atoms with van der Waals surface area (Å²) in [6, 6.07) is 10.3. The molecule has 0 atom stereocenters. The Balaban J connectivity index is 1.59. The highest BCUT2D eigenvalue weighted by Crippen LogP contribution is 2.39. The molecule has 0 saturated carbocycles. The van der Waals surface area contributed by atoms with Crippen LogP contribution in [0.1, 0.15) is 31.1 Å². The van der Waals surface area contributed by atoms with Crippen molar-refractivity contribution in [3.8, 4) is 34.6 Å². The molecule has 0 unspecified atom stereocenters. The average molecular weight is 467 g/mol. The summed E-state index contributed by atoms with van der Waals surface area (Å²) in [7, 11) is 1.56. The number of benzene rings is 2. The molecule has 4 rings (SSSR count). The van der Waals surface area contributed by atoms with Crippen molar-refractivity contribution in [2.45, 2.75) is 20.8 Å². The van der Waals surface area contributed by atoms with Crippen molar-refractivity contribution in [1.82, 2.24) is 10.2 Å². The number of hydrogen-bond acceptors (Lipinski definition) is 9. The van der Waals surface area contributed by atoms with Crippen LogP contribution in [0.15, 0.2) is 45.2 Å². The number of hydrogen-bond donors (Lipinski definition) is 1. The van der Waals surface area contributed by atoms with Crippen LogP contribution in [0.2, 0.25) is 0 Å². The van der Waals surface area contributed by atoms with Crippen molar-refractivity contribution in [2.24, 2.45) is 0 Å². The maximum absolute atomic E-state index is 12.9. The zero-order chi connectivity index (χ0) is 24.1. The first-order valence-corrected chi connectivity index (χ1v) is 10.9. The highest BCUT2D eigenvalue weighted by atomic mass is 16.5. The summed E-state index contributed by atoms with van der Waals surface area (Å²) in [6.45, 7) is 6.76. The third kappa shape index (κ3) is 4.61. The minimum absolute atomic E-state index is 0.0859. The van der Waals surface area contributed by atoms with Crippen LogP contribution in [0.3, 0.4) is 0 Å². The first-order chi connectivity index (χ1) is 16.6. The Labute approximate surface area is 195 Å². The number of nitrogens with zero attached hydrogens (tertiary/aromatic N) is 2. The lowest BCUT2D eigenvalue weighted by atomic mass is 10.1. The minimum Gasteiger partial charge on any atom is -0.493 e. The van der Waals surface area contributed by atoms with E-state index < -0.39 is 5.91 Å². The van der Waals surface area contributed by atoms with Gasteiger partial charge in [0.15, 0.2) is 28.6 Å². The van der Waals surface area contributed by atoms with Gasteiger partial charge in [-0.2, -0.15) is 0 Å². The molecule has 1 amide bonds. The number of amides is 1. The van der Waals surface area contributed by atoms with Crippen LogP contribution in [-0.2, 0) is 0 Å². The van der Waals surface area contributed by atoms with E-state index in [-0.39, 0.29) is 17.5 Å². The Morgan fingerprint density at radius 2 is 1.62 bits per heavy atom. The van der Waals surface area contributed by atoms with Gasteiger partial charge in [-0.3, -0.25) is 10.1 Å². The molecular weight excluding hydrogens is 442 g/mol. The molecule has 0 fully saturated rings. The van der Waals surface area contributed by atoms with Crippen LogP contribution in [0.4, 0.5) is 6.01 Å². The molecule has 178 valence electrons. The summed E-state index contributed by atoms with van der Waals surface area (Å²) in [5.41, 5.74) is 0.841. The Kier molecular flexibility index (Phi) is 6.86. The Bertz CT molecular complexity index is 1270. The predicted octanol–water partition coefficient (Wildman–Crippen LogP) is 4.94. The molecular formula is C24H25N3O7. The standard InChI is InChI=1S/C24H25N3O7/c1-5-30-17-12-15(13-18(31-6-2)21(17)32-7-3)22(28)25-24-27-26-23(34-24)19-11-14-9-8-10-16(29-4)20(14)33-19/h8-13H,5-7H2,1-4H3,(H,25,27,28). The molecule has 1 N–H and O–H groups in total. The largest absolute Gasteiger partial charge is 0.493 e. The first-order valence-electron chi connectivity index (χ1n) is 10.9. The number of fused-ring (bicyclic) bond motifs is 1. The molecule has 0 radical (unpaired) electrons. The zero-order valence-corrected chi connectivity index (χ0v) is 19.3. The number of furan rings is 1. The summed E-state index contributed by atoms with van der Waals surface area (Å²) in [6.07, 6.45) is 0. The molecule has 0 aliphatic rings. The monoisotopic (exact) mass is 467 g/mol. The number of ether oxygens (including phenoxy) is 4. The van der Waals surface area contributed by atoms with E-state index in [4.69, 9.17) is 27.8 Å². The third-order valence-electron chi connectivity index (χ3n) is 4.76. The van der Waals surface area contributed by atoms with Gasteiger partial charge in [0.05, 0.1) is 26.9 Å². The molecule has 0 bridgehead atoms. The first kappa shape index (κ1) is 23.0. The normalized spacial score (nSPS) is 10.8. The number of para-hydroxylation sites is 1. The highest BCUT2D eigenvalue weighted by molar-refractivity contribution is 6.04. The fourth-order valence-electron chi connectivity index (χ4n) is 3.36. The van der Waals surface area contributed by atoms with Crippen LogP contribution in [0.25, 0.3) is 22.6 Å². The van der Waals surface area contributed by atoms with E-state index in [9.17, 15) is 4.79 Å². The van der Waals surface area contributed by atoms with E-state index in [2.05, 4.69) is 15.5 Å². The van der Waals surface area contributed by atoms with Gasteiger partial charge in [0.2, 0.25) is 5.75 Å². The molecule has 0 spiro atoms. The summed E-state index contributed by atoms with van der Waals surface area (Å²) >= 11 is 0. The molecule has 4 aromatic rings. The molecule has 2 heterocycles. The van der Waals surface area contributed by atoms with Crippen molar-refractivity contribution in [1.29, 1.82) is 0 Å². The second-order valence-corrected chi connectivity index (χ2v) is 6.96. The lowest BCUT2D eigenvalue weighted by Gasteiger charge is -2.16. The predicted molar refractivity (Wildman–Crippen MR) is 124 cm³/mol. The summed E-state index contributed by atoms with van der Waals surface area (Å²) in [4.78, 5) is 12.9. The Morgan fingerprint density at radius 1 is 0.912 bits per heavy atom. The number of nitrogens with one attached hydrogen (secondary N) is 1. The number of carbonyl (C=O) groups is 1. The molecule has 0 aliphatic heterocycles. The van der Waals surface area contributed by atoms with Crippen molar-refractivity contribution in [2.75, 3.05) is 32.2 Å². The lowest BCUT2D eigenvalue weighted by molar-refractivity contribution is 0.102. The molecule has 2 aromatic heterocycles. The van der Waals surface area contributed by atoms with Gasteiger partial charge in [-0.1, -0.05) is 17.2 Å². The number of rotatable bonds is 10. The minimum atomic E-state index is -0.480. The van der Waals surface area contributed by atoms with Crippen LogP contribution in [-0.4, -0.2) is 43.0 Å². The van der Waals surface area contributed by atoms with E-state index in [1.807, 2.05) is 32.9 Å². The van der Waals surface area contributed by atoms with E-state index in [1.54, 1.807) is 31.4 Å². The van der Waals surface area contributed by atoms with Gasteiger partial charge in [-0.05, 0) is 45.0 Å². The number of carbonyl (C=O) groups excluding carboxylic acids is 1. The molecule has 0 aliphatic carbocycles. The van der Waals surface area contributed by atoms with Gasteiger partial charge in [0, 0.05) is 10.9 Å². The fraction of sp³-hybridized carbons (Fsp3) is 0.292. The fourth-order valence-corrected chi connectivity index (χ4v) is 3.36.